The van der Waals surface area contributed by atoms with Crippen molar-refractivity contribution in [2.24, 2.45) is 0 Å². The van der Waals surface area contributed by atoms with Gasteiger partial charge in [0.15, 0.2) is 0 Å². The van der Waals surface area contributed by atoms with Crippen molar-refractivity contribution in [3.63, 3.8) is 0 Å². The second-order valence-electron chi connectivity index (χ2n) is 11.8. The Morgan fingerprint density at radius 1 is 1.09 bits per heavy atom. The Balaban J connectivity index is 0.000000479. The number of rotatable bonds is 8. The number of aliphatic hydroxyl groups is 2. The average molecular weight is 627 g/mol. The van der Waals surface area contributed by atoms with Gasteiger partial charge >= 0.3 is 5.69 Å². The topological polar surface area (TPSA) is 153 Å². The summed E-state index contributed by atoms with van der Waals surface area (Å²) in [6, 6.07) is 7.45. The molecule has 3 aromatic heterocycles. The molecule has 0 radical (unpaired) electrons. The first-order valence-corrected chi connectivity index (χ1v) is 15.6. The number of methoxy groups -OCH3 is 1. The summed E-state index contributed by atoms with van der Waals surface area (Å²) in [4.78, 5) is 42.8. The third kappa shape index (κ3) is 6.95. The molecule has 5 rings (SSSR count). The standard InChI is InChI=1S/C25H30N6O4S.C6H12O2/c1-15(2)28-23(33)25(4,5)30-20(32)19-16(3)21(31-26-12-13-27-31)36-22(19)29(24(30)34)14-11-17-9-7-8-10-18(17)35-6;7-5-1-2-6(8)4-3-5/h7-10,12-13,15H,11,14H2,1-6H3,(H,28,33);5-8H,1-4H2. The van der Waals surface area contributed by atoms with Gasteiger partial charge in [-0.05, 0) is 78.4 Å². The van der Waals surface area contributed by atoms with Crippen LogP contribution in [0, 0.1) is 6.92 Å². The lowest BCUT2D eigenvalue weighted by molar-refractivity contribution is -0.129. The van der Waals surface area contributed by atoms with E-state index in [0.717, 1.165) is 41.6 Å². The van der Waals surface area contributed by atoms with Crippen LogP contribution in [0.15, 0.2) is 46.2 Å². The Kier molecular flexibility index (Phi) is 10.4. The van der Waals surface area contributed by atoms with Crippen LogP contribution in [0.1, 0.15) is 64.5 Å². The fraction of sp³-hybridized carbons (Fsp3) is 0.516. The summed E-state index contributed by atoms with van der Waals surface area (Å²) >= 11 is 1.28. The summed E-state index contributed by atoms with van der Waals surface area (Å²) in [6.45, 7) is 8.92. The summed E-state index contributed by atoms with van der Waals surface area (Å²) < 4.78 is 8.11. The van der Waals surface area contributed by atoms with Crippen LogP contribution < -0.4 is 21.3 Å². The number of hydrogen-bond acceptors (Lipinski definition) is 9. The van der Waals surface area contributed by atoms with Crippen LogP contribution in [-0.4, -0.2) is 65.6 Å². The maximum absolute atomic E-state index is 13.9. The third-order valence-corrected chi connectivity index (χ3v) is 9.07. The summed E-state index contributed by atoms with van der Waals surface area (Å²) in [7, 11) is 1.60. The summed E-state index contributed by atoms with van der Waals surface area (Å²) in [6.07, 6.45) is 6.43. The second kappa shape index (κ2) is 13.9. The van der Waals surface area contributed by atoms with Crippen LogP contribution in [0.2, 0.25) is 0 Å². The average Bonchev–Trinajstić information content (AvgIpc) is 3.63. The van der Waals surface area contributed by atoms with E-state index in [-0.39, 0.29) is 24.8 Å². The lowest BCUT2D eigenvalue weighted by Crippen LogP contribution is -2.56. The van der Waals surface area contributed by atoms with Crippen LogP contribution in [0.3, 0.4) is 0 Å². The van der Waals surface area contributed by atoms with E-state index in [1.807, 2.05) is 38.1 Å². The van der Waals surface area contributed by atoms with Gasteiger partial charge in [-0.15, -0.1) is 4.80 Å². The minimum atomic E-state index is -1.42. The third-order valence-electron chi connectivity index (χ3n) is 7.79. The van der Waals surface area contributed by atoms with Crippen LogP contribution in [0.5, 0.6) is 5.75 Å². The molecular weight excluding hydrogens is 584 g/mol. The number of aliphatic hydroxyl groups excluding tert-OH is 2. The quantitative estimate of drug-likeness (QED) is 0.270. The van der Waals surface area contributed by atoms with Crippen molar-refractivity contribution in [1.29, 1.82) is 0 Å². The molecule has 1 saturated carbocycles. The summed E-state index contributed by atoms with van der Waals surface area (Å²) in [5, 5.41) is 30.1. The van der Waals surface area contributed by atoms with Gasteiger partial charge in [-0.2, -0.15) is 10.2 Å². The molecular formula is C31H42N6O6S. The maximum Gasteiger partial charge on any atom is 0.333 e. The zero-order chi connectivity index (χ0) is 32.2. The molecule has 1 aliphatic carbocycles. The highest BCUT2D eigenvalue weighted by Gasteiger charge is 2.35. The Morgan fingerprint density at radius 3 is 2.25 bits per heavy atom. The fourth-order valence-electron chi connectivity index (χ4n) is 5.28. The fourth-order valence-corrected chi connectivity index (χ4v) is 6.51. The van der Waals surface area contributed by atoms with E-state index in [2.05, 4.69) is 15.5 Å². The van der Waals surface area contributed by atoms with Crippen molar-refractivity contribution in [3.05, 3.63) is 68.6 Å². The maximum atomic E-state index is 13.9. The van der Waals surface area contributed by atoms with Crippen LogP contribution in [0.4, 0.5) is 0 Å². The minimum Gasteiger partial charge on any atom is -0.496 e. The summed E-state index contributed by atoms with van der Waals surface area (Å²) in [5.74, 6) is 0.310. The molecule has 12 nitrogen and oxygen atoms in total. The van der Waals surface area contributed by atoms with E-state index in [1.165, 1.54) is 16.1 Å². The summed E-state index contributed by atoms with van der Waals surface area (Å²) in [5.41, 5.74) is -0.905. The second-order valence-corrected chi connectivity index (χ2v) is 12.8. The number of ether oxygens (including phenoxy) is 1. The molecule has 0 spiro atoms. The SMILES string of the molecule is COc1ccccc1CCn1c(=O)n(C(C)(C)C(=O)NC(C)C)c(=O)c2c(C)c(-n3nccn3)sc21.OC1CCC(O)CC1. The molecule has 0 bridgehead atoms. The van der Waals surface area contributed by atoms with Crippen LogP contribution in [-0.2, 0) is 23.3 Å². The molecule has 13 heteroatoms. The predicted octanol–water partition coefficient (Wildman–Crippen LogP) is 2.91. The Labute approximate surface area is 259 Å². The number of nitrogens with zero attached hydrogens (tertiary/aromatic N) is 5. The van der Waals surface area contributed by atoms with Gasteiger partial charge in [0.05, 0.1) is 37.1 Å². The van der Waals surface area contributed by atoms with E-state index in [9.17, 15) is 14.4 Å². The molecule has 0 aliphatic heterocycles. The molecule has 3 N–H and O–H groups in total. The Morgan fingerprint density at radius 2 is 1.68 bits per heavy atom. The van der Waals surface area contributed by atoms with Gasteiger partial charge in [0, 0.05) is 18.2 Å². The van der Waals surface area contributed by atoms with E-state index in [1.54, 1.807) is 44.8 Å². The van der Waals surface area contributed by atoms with Gasteiger partial charge in [-0.25, -0.2) is 9.36 Å². The molecule has 1 aliphatic rings. The van der Waals surface area contributed by atoms with E-state index < -0.39 is 22.7 Å². The van der Waals surface area contributed by atoms with Gasteiger partial charge in [0.1, 0.15) is 21.1 Å². The minimum absolute atomic E-state index is 0.140. The van der Waals surface area contributed by atoms with E-state index in [4.69, 9.17) is 14.9 Å². The number of hydrogen-bond donors (Lipinski definition) is 3. The molecule has 0 unspecified atom stereocenters. The van der Waals surface area contributed by atoms with Crippen molar-refractivity contribution < 1.29 is 19.7 Å². The molecule has 3 heterocycles. The lowest BCUT2D eigenvalue weighted by atomic mass is 9.95. The number of carbonyl (C=O) groups is 1. The number of para-hydroxylation sites is 1. The number of amides is 1. The number of aryl methyl sites for hydroxylation is 3. The highest BCUT2D eigenvalue weighted by Crippen LogP contribution is 2.31. The zero-order valence-electron chi connectivity index (χ0n) is 26.1. The first-order valence-electron chi connectivity index (χ1n) is 14.8. The number of aromatic nitrogens is 5. The van der Waals surface area contributed by atoms with Crippen molar-refractivity contribution >= 4 is 27.5 Å². The van der Waals surface area contributed by atoms with Crippen LogP contribution in [0.25, 0.3) is 15.2 Å². The van der Waals surface area contributed by atoms with Crippen molar-refractivity contribution in [3.8, 4) is 10.8 Å². The number of carbonyl (C=O) groups excluding carboxylic acids is 1. The van der Waals surface area contributed by atoms with Gasteiger partial charge < -0.3 is 20.3 Å². The Bertz CT molecular complexity index is 1690. The van der Waals surface area contributed by atoms with Crippen molar-refractivity contribution in [2.75, 3.05) is 7.11 Å². The molecule has 1 amide bonds. The van der Waals surface area contributed by atoms with E-state index >= 15 is 0 Å². The molecule has 238 valence electrons. The molecule has 1 fully saturated rings. The smallest absolute Gasteiger partial charge is 0.333 e. The van der Waals surface area contributed by atoms with Gasteiger partial charge in [-0.1, -0.05) is 29.5 Å². The van der Waals surface area contributed by atoms with E-state index in [0.29, 0.717) is 27.2 Å². The lowest BCUT2D eigenvalue weighted by Gasteiger charge is -2.27. The first kappa shape index (κ1) is 33.1. The number of benzene rings is 1. The van der Waals surface area contributed by atoms with Gasteiger partial charge in [0.2, 0.25) is 5.91 Å². The monoisotopic (exact) mass is 626 g/mol. The molecule has 0 saturated heterocycles. The number of thiophene rings is 1. The number of fused-ring (bicyclic) bond motifs is 1. The van der Waals surface area contributed by atoms with Gasteiger partial charge in [0.25, 0.3) is 5.56 Å². The van der Waals surface area contributed by atoms with Gasteiger partial charge in [-0.3, -0.25) is 14.2 Å². The highest BCUT2D eigenvalue weighted by molar-refractivity contribution is 7.21. The van der Waals surface area contributed by atoms with Crippen molar-refractivity contribution in [1.82, 2.24) is 29.4 Å². The highest BCUT2D eigenvalue weighted by atomic mass is 32.1. The Hall–Kier alpha value is -3.81. The first-order chi connectivity index (χ1) is 20.9. The zero-order valence-corrected chi connectivity index (χ0v) is 26.9. The largest absolute Gasteiger partial charge is 0.496 e. The molecule has 1 aromatic carbocycles. The number of nitrogens with one attached hydrogen (secondary N) is 1. The van der Waals surface area contributed by atoms with Crippen molar-refractivity contribution in [2.45, 2.75) is 97.1 Å². The normalized spacial score (nSPS) is 16.9. The van der Waals surface area contributed by atoms with Crippen LogP contribution >= 0.6 is 11.3 Å². The molecule has 0 atom stereocenters. The molecule has 44 heavy (non-hydrogen) atoms. The molecule has 4 aromatic rings. The predicted molar refractivity (Wildman–Crippen MR) is 170 cm³/mol.